The average Bonchev–Trinajstić information content (AvgIpc) is 3.17. The topological polar surface area (TPSA) is 61.9 Å². The van der Waals surface area contributed by atoms with Gasteiger partial charge in [0.2, 0.25) is 0 Å². The Morgan fingerprint density at radius 3 is 2.74 bits per heavy atom. The Morgan fingerprint density at radius 1 is 1.17 bits per heavy atom. The van der Waals surface area contributed by atoms with Gasteiger partial charge in [-0.15, -0.1) is 11.3 Å². The summed E-state index contributed by atoms with van der Waals surface area (Å²) >= 11 is 1.56. The van der Waals surface area contributed by atoms with Crippen LogP contribution in [0.5, 0.6) is 0 Å². The molecule has 0 aliphatic carbocycles. The number of aryl methyl sites for hydroxylation is 2. The van der Waals surface area contributed by atoms with Gasteiger partial charge in [0.1, 0.15) is 11.5 Å². The predicted molar refractivity (Wildman–Crippen MR) is 92.9 cm³/mol. The molecule has 0 saturated carbocycles. The molecule has 0 spiro atoms. The van der Waals surface area contributed by atoms with Gasteiger partial charge in [0, 0.05) is 25.9 Å². The lowest BCUT2D eigenvalue weighted by Gasteiger charge is -2.06. The number of imidazole rings is 1. The van der Waals surface area contributed by atoms with Gasteiger partial charge in [0.25, 0.3) is 5.91 Å². The molecule has 2 aromatic heterocycles. The number of amides is 1. The number of aromatic amines is 1. The van der Waals surface area contributed by atoms with Crippen molar-refractivity contribution in [1.82, 2.24) is 19.9 Å². The summed E-state index contributed by atoms with van der Waals surface area (Å²) in [6.45, 7) is 0. The van der Waals surface area contributed by atoms with E-state index >= 15 is 0 Å². The van der Waals surface area contributed by atoms with Crippen LogP contribution in [-0.2, 0) is 12.8 Å². The smallest absolute Gasteiger partial charge is 0.272 e. The lowest BCUT2D eigenvalue weighted by molar-refractivity contribution is 0.0822. The van der Waals surface area contributed by atoms with Gasteiger partial charge in [-0.25, -0.2) is 9.97 Å². The Balaban J connectivity index is 1.49. The van der Waals surface area contributed by atoms with Crippen LogP contribution in [0.4, 0.5) is 0 Å². The van der Waals surface area contributed by atoms with E-state index in [4.69, 9.17) is 0 Å². The number of para-hydroxylation sites is 2. The second kappa shape index (κ2) is 6.91. The molecular formula is C17H20N4OS. The Hall–Kier alpha value is -2.21. The Bertz CT molecular complexity index is 773. The number of aromatic nitrogens is 3. The molecule has 0 unspecified atom stereocenters. The van der Waals surface area contributed by atoms with E-state index in [-0.39, 0.29) is 5.91 Å². The van der Waals surface area contributed by atoms with Gasteiger partial charge in [-0.1, -0.05) is 12.1 Å². The number of carbonyl (C=O) groups excluding carboxylic acids is 1. The molecule has 0 fully saturated rings. The normalized spacial score (nSPS) is 11.0. The van der Waals surface area contributed by atoms with Crippen LogP contribution in [0, 0.1) is 0 Å². The standard InChI is InChI=1S/C17H20N4OS/c1-21(2)17(22)14-11-23-16(20-14)10-6-5-9-15-18-12-7-3-4-8-13(12)19-15/h3-4,7-8,11H,5-6,9-10H2,1-2H3,(H,18,19). The van der Waals surface area contributed by atoms with Crippen LogP contribution in [0.2, 0.25) is 0 Å². The van der Waals surface area contributed by atoms with Gasteiger partial charge in [-0.3, -0.25) is 4.79 Å². The van der Waals surface area contributed by atoms with Crippen LogP contribution < -0.4 is 0 Å². The van der Waals surface area contributed by atoms with Crippen molar-refractivity contribution >= 4 is 28.3 Å². The van der Waals surface area contributed by atoms with Gasteiger partial charge in [-0.05, 0) is 31.4 Å². The number of nitrogens with one attached hydrogen (secondary N) is 1. The molecule has 3 aromatic rings. The third-order valence-corrected chi connectivity index (χ3v) is 4.58. The van der Waals surface area contributed by atoms with Crippen molar-refractivity contribution in [3.05, 3.63) is 46.2 Å². The SMILES string of the molecule is CN(C)C(=O)c1csc(CCCCc2nc3ccccc3[nH]2)n1. The molecule has 2 heterocycles. The van der Waals surface area contributed by atoms with E-state index in [1.807, 2.05) is 29.6 Å². The highest BCUT2D eigenvalue weighted by Crippen LogP contribution is 2.16. The molecule has 1 amide bonds. The first-order valence-electron chi connectivity index (χ1n) is 7.73. The number of fused-ring (bicyclic) bond motifs is 1. The first kappa shape index (κ1) is 15.7. The molecule has 0 aliphatic rings. The second-order valence-corrected chi connectivity index (χ2v) is 6.68. The summed E-state index contributed by atoms with van der Waals surface area (Å²) in [6.07, 6.45) is 3.94. The predicted octanol–water partition coefficient (Wildman–Crippen LogP) is 3.29. The summed E-state index contributed by atoms with van der Waals surface area (Å²) in [5.41, 5.74) is 2.66. The fourth-order valence-corrected chi connectivity index (χ4v) is 3.26. The number of rotatable bonds is 6. The van der Waals surface area contributed by atoms with Gasteiger partial charge in [0.15, 0.2) is 0 Å². The van der Waals surface area contributed by atoms with Crippen molar-refractivity contribution in [2.45, 2.75) is 25.7 Å². The molecule has 5 nitrogen and oxygen atoms in total. The first-order chi connectivity index (χ1) is 11.1. The Morgan fingerprint density at radius 2 is 1.96 bits per heavy atom. The lowest BCUT2D eigenvalue weighted by Crippen LogP contribution is -2.21. The monoisotopic (exact) mass is 328 g/mol. The summed E-state index contributed by atoms with van der Waals surface area (Å²) in [5.74, 6) is 1.00. The van der Waals surface area contributed by atoms with Crippen molar-refractivity contribution in [3.8, 4) is 0 Å². The highest BCUT2D eigenvalue weighted by Gasteiger charge is 2.12. The van der Waals surface area contributed by atoms with E-state index in [2.05, 4.69) is 15.0 Å². The maximum Gasteiger partial charge on any atom is 0.272 e. The van der Waals surface area contributed by atoms with Crippen molar-refractivity contribution in [2.24, 2.45) is 0 Å². The molecule has 6 heteroatoms. The summed E-state index contributed by atoms with van der Waals surface area (Å²) in [5, 5.41) is 2.87. The third-order valence-electron chi connectivity index (χ3n) is 3.67. The first-order valence-corrected chi connectivity index (χ1v) is 8.61. The second-order valence-electron chi connectivity index (χ2n) is 5.73. The molecule has 3 rings (SSSR count). The van der Waals surface area contributed by atoms with Crippen LogP contribution in [0.15, 0.2) is 29.6 Å². The van der Waals surface area contributed by atoms with Crippen molar-refractivity contribution in [2.75, 3.05) is 14.1 Å². The summed E-state index contributed by atoms with van der Waals surface area (Å²) in [6, 6.07) is 8.08. The van der Waals surface area contributed by atoms with Crippen molar-refractivity contribution < 1.29 is 4.79 Å². The van der Waals surface area contributed by atoms with Crippen LogP contribution in [0.1, 0.15) is 34.2 Å². The minimum Gasteiger partial charge on any atom is -0.343 e. The number of hydrogen-bond acceptors (Lipinski definition) is 4. The molecule has 1 N–H and O–H groups in total. The summed E-state index contributed by atoms with van der Waals surface area (Å²) in [4.78, 5) is 25.7. The van der Waals surface area contributed by atoms with Crippen molar-refractivity contribution in [3.63, 3.8) is 0 Å². The van der Waals surface area contributed by atoms with E-state index < -0.39 is 0 Å². The quantitative estimate of drug-likeness (QED) is 0.706. The van der Waals surface area contributed by atoms with Crippen LogP contribution in [0.25, 0.3) is 11.0 Å². The van der Waals surface area contributed by atoms with Crippen LogP contribution in [0.3, 0.4) is 0 Å². The van der Waals surface area contributed by atoms with E-state index in [0.29, 0.717) is 5.69 Å². The number of benzene rings is 1. The number of carbonyl (C=O) groups is 1. The molecule has 120 valence electrons. The lowest BCUT2D eigenvalue weighted by atomic mass is 10.2. The maximum atomic E-state index is 11.8. The van der Waals surface area contributed by atoms with E-state index in [1.54, 1.807) is 30.3 Å². The largest absolute Gasteiger partial charge is 0.343 e. The Labute approximate surface area is 139 Å². The highest BCUT2D eigenvalue weighted by molar-refractivity contribution is 7.09. The minimum atomic E-state index is -0.0326. The maximum absolute atomic E-state index is 11.8. The molecule has 0 saturated heterocycles. The highest BCUT2D eigenvalue weighted by atomic mass is 32.1. The fourth-order valence-electron chi connectivity index (χ4n) is 2.45. The number of thiazole rings is 1. The number of unbranched alkanes of at least 4 members (excludes halogenated alkanes) is 1. The van der Waals surface area contributed by atoms with Crippen molar-refractivity contribution in [1.29, 1.82) is 0 Å². The molecular weight excluding hydrogens is 308 g/mol. The van der Waals surface area contributed by atoms with E-state index in [9.17, 15) is 4.79 Å². The molecule has 1 aromatic carbocycles. The third kappa shape index (κ3) is 3.76. The number of H-pyrrole nitrogens is 1. The van der Waals surface area contributed by atoms with E-state index in [0.717, 1.165) is 47.5 Å². The number of hydrogen-bond donors (Lipinski definition) is 1. The molecule has 0 atom stereocenters. The summed E-state index contributed by atoms with van der Waals surface area (Å²) < 4.78 is 0. The zero-order valence-electron chi connectivity index (χ0n) is 13.4. The number of nitrogens with zero attached hydrogens (tertiary/aromatic N) is 3. The molecule has 0 bridgehead atoms. The van der Waals surface area contributed by atoms with Gasteiger partial charge < -0.3 is 9.88 Å². The molecule has 0 radical (unpaired) electrons. The van der Waals surface area contributed by atoms with Crippen LogP contribution in [-0.4, -0.2) is 39.9 Å². The van der Waals surface area contributed by atoms with Gasteiger partial charge >= 0.3 is 0 Å². The Kier molecular flexibility index (Phi) is 4.71. The zero-order valence-corrected chi connectivity index (χ0v) is 14.2. The van der Waals surface area contributed by atoms with Gasteiger partial charge in [0.05, 0.1) is 16.0 Å². The van der Waals surface area contributed by atoms with Gasteiger partial charge in [-0.2, -0.15) is 0 Å². The summed E-state index contributed by atoms with van der Waals surface area (Å²) in [7, 11) is 3.49. The molecule has 23 heavy (non-hydrogen) atoms. The fraction of sp³-hybridized carbons (Fsp3) is 0.353. The molecule has 0 aliphatic heterocycles. The van der Waals surface area contributed by atoms with E-state index in [1.165, 1.54) is 0 Å². The zero-order chi connectivity index (χ0) is 16.2. The van der Waals surface area contributed by atoms with Crippen LogP contribution >= 0.6 is 11.3 Å². The average molecular weight is 328 g/mol. The minimum absolute atomic E-state index is 0.0326.